The van der Waals surface area contributed by atoms with Crippen molar-refractivity contribution in [3.63, 3.8) is 0 Å². The number of hydrogen-bond acceptors (Lipinski definition) is 4. The van der Waals surface area contributed by atoms with Gasteiger partial charge < -0.3 is 15.4 Å². The number of fused-ring (bicyclic) bond motifs is 1. The SMILES string of the molecule is COc1ccc(NC(=O)c2ccc(NC(=O)CCC(=O)c3ccc4c(c3)CCC4)cc2)cc1. The third kappa shape index (κ3) is 5.66. The molecule has 0 radical (unpaired) electrons. The quantitative estimate of drug-likeness (QED) is 0.479. The van der Waals surface area contributed by atoms with Crippen LogP contribution in [0, 0.1) is 0 Å². The molecule has 1 aliphatic carbocycles. The third-order valence-corrected chi connectivity index (χ3v) is 5.78. The van der Waals surface area contributed by atoms with Crippen LogP contribution in [0.3, 0.4) is 0 Å². The van der Waals surface area contributed by atoms with E-state index >= 15 is 0 Å². The molecular weight excluding hydrogens is 416 g/mol. The van der Waals surface area contributed by atoms with Crippen molar-refractivity contribution in [1.82, 2.24) is 0 Å². The number of nitrogens with one attached hydrogen (secondary N) is 2. The number of amides is 2. The summed E-state index contributed by atoms with van der Waals surface area (Å²) in [6, 6.07) is 19.5. The van der Waals surface area contributed by atoms with Gasteiger partial charge in [-0.3, -0.25) is 14.4 Å². The van der Waals surface area contributed by atoms with E-state index in [0.717, 1.165) is 19.3 Å². The van der Waals surface area contributed by atoms with E-state index in [1.165, 1.54) is 11.1 Å². The highest BCUT2D eigenvalue weighted by molar-refractivity contribution is 6.05. The zero-order chi connectivity index (χ0) is 23.2. The Kier molecular flexibility index (Phi) is 6.83. The molecule has 6 heteroatoms. The first kappa shape index (κ1) is 22.3. The van der Waals surface area contributed by atoms with E-state index in [-0.39, 0.29) is 30.4 Å². The fourth-order valence-electron chi connectivity index (χ4n) is 3.92. The summed E-state index contributed by atoms with van der Waals surface area (Å²) >= 11 is 0. The molecule has 0 saturated heterocycles. The van der Waals surface area contributed by atoms with Crippen LogP contribution < -0.4 is 15.4 Å². The van der Waals surface area contributed by atoms with Gasteiger partial charge in [0, 0.05) is 35.3 Å². The fourth-order valence-corrected chi connectivity index (χ4v) is 3.92. The number of Topliss-reactive ketones (excluding diaryl/α,β-unsaturated/α-hetero) is 1. The minimum atomic E-state index is -0.252. The highest BCUT2D eigenvalue weighted by Gasteiger charge is 2.15. The molecule has 0 spiro atoms. The number of carbonyl (C=O) groups is 3. The zero-order valence-electron chi connectivity index (χ0n) is 18.5. The summed E-state index contributed by atoms with van der Waals surface area (Å²) < 4.78 is 5.11. The number of methoxy groups -OCH3 is 1. The summed E-state index contributed by atoms with van der Waals surface area (Å²) in [5.74, 6) is 0.199. The molecule has 0 heterocycles. The lowest BCUT2D eigenvalue weighted by Crippen LogP contribution is -2.14. The first-order valence-electron chi connectivity index (χ1n) is 11.0. The van der Waals surface area contributed by atoms with Crippen molar-refractivity contribution < 1.29 is 19.1 Å². The topological polar surface area (TPSA) is 84.5 Å². The molecule has 2 amide bonds. The molecular formula is C27H26N2O4. The van der Waals surface area contributed by atoms with E-state index < -0.39 is 0 Å². The van der Waals surface area contributed by atoms with Crippen LogP contribution >= 0.6 is 0 Å². The Balaban J connectivity index is 1.27. The van der Waals surface area contributed by atoms with Gasteiger partial charge in [-0.1, -0.05) is 12.1 Å². The Morgan fingerprint density at radius 3 is 2.12 bits per heavy atom. The molecule has 0 bridgehead atoms. The van der Waals surface area contributed by atoms with Gasteiger partial charge in [-0.2, -0.15) is 0 Å². The molecule has 1 aliphatic rings. The molecule has 0 unspecified atom stereocenters. The summed E-state index contributed by atoms with van der Waals surface area (Å²) in [4.78, 5) is 37.2. The summed E-state index contributed by atoms with van der Waals surface area (Å²) in [5.41, 5.74) is 4.95. The molecule has 0 aromatic heterocycles. The highest BCUT2D eigenvalue weighted by atomic mass is 16.5. The third-order valence-electron chi connectivity index (χ3n) is 5.78. The molecule has 0 saturated carbocycles. The van der Waals surface area contributed by atoms with E-state index in [4.69, 9.17) is 4.74 Å². The average Bonchev–Trinajstić information content (AvgIpc) is 3.31. The Morgan fingerprint density at radius 1 is 0.758 bits per heavy atom. The lowest BCUT2D eigenvalue weighted by molar-refractivity contribution is -0.116. The molecule has 33 heavy (non-hydrogen) atoms. The average molecular weight is 443 g/mol. The number of ketones is 1. The fraction of sp³-hybridized carbons (Fsp3) is 0.222. The molecule has 0 atom stereocenters. The highest BCUT2D eigenvalue weighted by Crippen LogP contribution is 2.23. The summed E-state index contributed by atoms with van der Waals surface area (Å²) in [5, 5.41) is 5.60. The largest absolute Gasteiger partial charge is 0.497 e. The van der Waals surface area contributed by atoms with Gasteiger partial charge in [0.2, 0.25) is 5.91 Å². The number of carbonyl (C=O) groups excluding carboxylic acids is 3. The molecule has 2 N–H and O–H groups in total. The Labute approximate surface area is 193 Å². The van der Waals surface area contributed by atoms with Gasteiger partial charge in [0.1, 0.15) is 5.75 Å². The number of benzene rings is 3. The van der Waals surface area contributed by atoms with Crippen LogP contribution in [0.1, 0.15) is 51.1 Å². The number of rotatable bonds is 8. The van der Waals surface area contributed by atoms with Gasteiger partial charge >= 0.3 is 0 Å². The maximum absolute atomic E-state index is 12.5. The number of anilines is 2. The van der Waals surface area contributed by atoms with E-state index in [1.807, 2.05) is 18.2 Å². The zero-order valence-corrected chi connectivity index (χ0v) is 18.5. The lowest BCUT2D eigenvalue weighted by Gasteiger charge is -2.08. The summed E-state index contributed by atoms with van der Waals surface area (Å²) in [6.45, 7) is 0. The molecule has 3 aromatic carbocycles. The van der Waals surface area contributed by atoms with Crippen LogP contribution in [0.4, 0.5) is 11.4 Å². The molecule has 6 nitrogen and oxygen atoms in total. The van der Waals surface area contributed by atoms with Crippen molar-refractivity contribution in [3.8, 4) is 5.75 Å². The van der Waals surface area contributed by atoms with Gasteiger partial charge in [-0.25, -0.2) is 0 Å². The Hall–Kier alpha value is -3.93. The van der Waals surface area contributed by atoms with E-state index in [1.54, 1.807) is 55.6 Å². The second-order valence-corrected chi connectivity index (χ2v) is 8.07. The summed E-state index contributed by atoms with van der Waals surface area (Å²) in [7, 11) is 1.58. The van der Waals surface area contributed by atoms with Gasteiger partial charge in [0.05, 0.1) is 7.11 Å². The molecule has 0 aliphatic heterocycles. The van der Waals surface area contributed by atoms with Crippen LogP contribution in [0.25, 0.3) is 0 Å². The number of ether oxygens (including phenoxy) is 1. The van der Waals surface area contributed by atoms with Gasteiger partial charge in [-0.05, 0) is 85.0 Å². The van der Waals surface area contributed by atoms with E-state index in [0.29, 0.717) is 28.3 Å². The minimum absolute atomic E-state index is 0.0228. The standard InChI is InChI=1S/C27H26N2O4/c1-33-24-13-11-23(12-14-24)29-27(32)19-7-9-22(10-8-19)28-26(31)16-15-25(30)21-6-5-18-3-2-4-20(18)17-21/h5-14,17H,2-4,15-16H2,1H3,(H,28,31)(H,29,32). The number of hydrogen-bond donors (Lipinski definition) is 2. The molecule has 168 valence electrons. The smallest absolute Gasteiger partial charge is 0.255 e. The van der Waals surface area contributed by atoms with Crippen LogP contribution in [-0.4, -0.2) is 24.7 Å². The van der Waals surface area contributed by atoms with Crippen LogP contribution in [-0.2, 0) is 17.6 Å². The molecule has 3 aromatic rings. The molecule has 4 rings (SSSR count). The maximum Gasteiger partial charge on any atom is 0.255 e. The van der Waals surface area contributed by atoms with Crippen molar-refractivity contribution in [2.75, 3.05) is 17.7 Å². The van der Waals surface area contributed by atoms with Crippen LogP contribution in [0.2, 0.25) is 0 Å². The Bertz CT molecular complexity index is 1170. The maximum atomic E-state index is 12.5. The number of aryl methyl sites for hydroxylation is 2. The summed E-state index contributed by atoms with van der Waals surface area (Å²) in [6.07, 6.45) is 3.50. The normalized spacial score (nSPS) is 12.0. The van der Waals surface area contributed by atoms with Crippen molar-refractivity contribution in [2.45, 2.75) is 32.1 Å². The minimum Gasteiger partial charge on any atom is -0.497 e. The predicted molar refractivity (Wildman–Crippen MR) is 128 cm³/mol. The Morgan fingerprint density at radius 2 is 1.39 bits per heavy atom. The van der Waals surface area contributed by atoms with Crippen LogP contribution in [0.15, 0.2) is 66.7 Å². The van der Waals surface area contributed by atoms with E-state index in [2.05, 4.69) is 10.6 Å². The van der Waals surface area contributed by atoms with Crippen molar-refractivity contribution in [3.05, 3.63) is 89.0 Å². The predicted octanol–water partition coefficient (Wildman–Crippen LogP) is 5.04. The van der Waals surface area contributed by atoms with Gasteiger partial charge in [0.15, 0.2) is 5.78 Å². The van der Waals surface area contributed by atoms with Crippen molar-refractivity contribution in [2.24, 2.45) is 0 Å². The first-order chi connectivity index (χ1) is 16.0. The van der Waals surface area contributed by atoms with Crippen molar-refractivity contribution in [1.29, 1.82) is 0 Å². The lowest BCUT2D eigenvalue weighted by atomic mass is 10.0. The monoisotopic (exact) mass is 442 g/mol. The first-order valence-corrected chi connectivity index (χ1v) is 11.0. The van der Waals surface area contributed by atoms with Gasteiger partial charge in [0.25, 0.3) is 5.91 Å². The second-order valence-electron chi connectivity index (χ2n) is 8.07. The van der Waals surface area contributed by atoms with Crippen molar-refractivity contribution >= 4 is 29.0 Å². The van der Waals surface area contributed by atoms with E-state index in [9.17, 15) is 14.4 Å². The van der Waals surface area contributed by atoms with Gasteiger partial charge in [-0.15, -0.1) is 0 Å². The van der Waals surface area contributed by atoms with Crippen LogP contribution in [0.5, 0.6) is 5.75 Å². The second kappa shape index (κ2) is 10.1. The molecule has 0 fully saturated rings.